The summed E-state index contributed by atoms with van der Waals surface area (Å²) in [5, 5.41) is 14.6. The molecule has 5 nitrogen and oxygen atoms in total. The van der Waals surface area contributed by atoms with Gasteiger partial charge in [-0.25, -0.2) is 9.59 Å². The Morgan fingerprint density at radius 1 is 1.24 bits per heavy atom. The molecular weight excluding hydrogens is 268 g/mol. The number of hydrogen-bond donors (Lipinski definition) is 3. The molecule has 116 valence electrons. The van der Waals surface area contributed by atoms with Gasteiger partial charge in [-0.15, -0.1) is 0 Å². The second-order valence-corrected chi connectivity index (χ2v) is 5.81. The van der Waals surface area contributed by atoms with Crippen molar-refractivity contribution in [2.45, 2.75) is 51.6 Å². The maximum absolute atomic E-state index is 12.0. The molecule has 1 atom stereocenters. The van der Waals surface area contributed by atoms with Gasteiger partial charge in [0.2, 0.25) is 0 Å². The summed E-state index contributed by atoms with van der Waals surface area (Å²) < 4.78 is 0. The Labute approximate surface area is 125 Å². The van der Waals surface area contributed by atoms with E-state index in [9.17, 15) is 14.7 Å². The highest BCUT2D eigenvalue weighted by Crippen LogP contribution is 2.10. The van der Waals surface area contributed by atoms with Gasteiger partial charge in [-0.2, -0.15) is 0 Å². The molecule has 0 aliphatic carbocycles. The molecule has 0 radical (unpaired) electrons. The van der Waals surface area contributed by atoms with Crippen LogP contribution in [0.25, 0.3) is 0 Å². The van der Waals surface area contributed by atoms with Gasteiger partial charge in [-0.05, 0) is 25.8 Å². The first-order valence-corrected chi connectivity index (χ1v) is 7.19. The van der Waals surface area contributed by atoms with Crippen molar-refractivity contribution in [2.75, 3.05) is 0 Å². The van der Waals surface area contributed by atoms with Crippen LogP contribution in [-0.2, 0) is 11.2 Å². The van der Waals surface area contributed by atoms with Gasteiger partial charge in [-0.1, -0.05) is 43.7 Å². The van der Waals surface area contributed by atoms with Gasteiger partial charge in [0.15, 0.2) is 0 Å². The van der Waals surface area contributed by atoms with Crippen LogP contribution in [0.4, 0.5) is 4.79 Å². The van der Waals surface area contributed by atoms with E-state index in [0.717, 1.165) is 18.4 Å². The third-order valence-corrected chi connectivity index (χ3v) is 3.21. The second-order valence-electron chi connectivity index (χ2n) is 5.81. The quantitative estimate of drug-likeness (QED) is 0.722. The maximum atomic E-state index is 12.0. The molecule has 5 heteroatoms. The number of nitrogens with one attached hydrogen (secondary N) is 2. The SMILES string of the molecule is CCCC(C)(C)NC(=O)N[C@@H](Cc1ccccc1)C(=O)O. The average Bonchev–Trinajstić information content (AvgIpc) is 2.38. The number of hydrogen-bond acceptors (Lipinski definition) is 2. The van der Waals surface area contributed by atoms with Gasteiger partial charge in [-0.3, -0.25) is 0 Å². The highest BCUT2D eigenvalue weighted by Gasteiger charge is 2.24. The first kappa shape index (κ1) is 17.0. The van der Waals surface area contributed by atoms with Crippen LogP contribution in [0.3, 0.4) is 0 Å². The molecular formula is C16H24N2O3. The van der Waals surface area contributed by atoms with Crippen molar-refractivity contribution < 1.29 is 14.7 Å². The largest absolute Gasteiger partial charge is 0.480 e. The monoisotopic (exact) mass is 292 g/mol. The van der Waals surface area contributed by atoms with E-state index >= 15 is 0 Å². The van der Waals surface area contributed by atoms with Gasteiger partial charge in [0, 0.05) is 12.0 Å². The predicted molar refractivity (Wildman–Crippen MR) is 82.2 cm³/mol. The van der Waals surface area contributed by atoms with Crippen LogP contribution >= 0.6 is 0 Å². The van der Waals surface area contributed by atoms with E-state index in [2.05, 4.69) is 10.6 Å². The molecule has 0 spiro atoms. The van der Waals surface area contributed by atoms with E-state index < -0.39 is 18.0 Å². The lowest BCUT2D eigenvalue weighted by molar-refractivity contribution is -0.139. The Morgan fingerprint density at radius 2 is 1.86 bits per heavy atom. The Bertz CT molecular complexity index is 472. The van der Waals surface area contributed by atoms with Crippen molar-refractivity contribution >= 4 is 12.0 Å². The lowest BCUT2D eigenvalue weighted by Crippen LogP contribution is -2.53. The summed E-state index contributed by atoms with van der Waals surface area (Å²) >= 11 is 0. The van der Waals surface area contributed by atoms with Crippen molar-refractivity contribution in [3.63, 3.8) is 0 Å². The minimum atomic E-state index is -1.04. The summed E-state index contributed by atoms with van der Waals surface area (Å²) in [4.78, 5) is 23.2. The third kappa shape index (κ3) is 6.29. The van der Waals surface area contributed by atoms with E-state index in [0.29, 0.717) is 0 Å². The van der Waals surface area contributed by atoms with Crippen molar-refractivity contribution in [1.29, 1.82) is 0 Å². The molecule has 1 aromatic carbocycles. The number of carboxylic acid groups (broad SMARTS) is 1. The number of carbonyl (C=O) groups excluding carboxylic acids is 1. The molecule has 1 aromatic rings. The molecule has 0 saturated heterocycles. The van der Waals surface area contributed by atoms with Crippen molar-refractivity contribution in [3.8, 4) is 0 Å². The van der Waals surface area contributed by atoms with Crippen molar-refractivity contribution in [1.82, 2.24) is 10.6 Å². The van der Waals surface area contributed by atoms with Crippen LogP contribution in [-0.4, -0.2) is 28.7 Å². The third-order valence-electron chi connectivity index (χ3n) is 3.21. The zero-order valence-corrected chi connectivity index (χ0v) is 12.8. The van der Waals surface area contributed by atoms with E-state index in [1.165, 1.54) is 0 Å². The molecule has 0 fully saturated rings. The second kappa shape index (κ2) is 7.67. The molecule has 0 aliphatic rings. The molecule has 21 heavy (non-hydrogen) atoms. The number of urea groups is 1. The molecule has 0 aliphatic heterocycles. The summed E-state index contributed by atoms with van der Waals surface area (Å²) in [7, 11) is 0. The maximum Gasteiger partial charge on any atom is 0.326 e. The topological polar surface area (TPSA) is 78.4 Å². The predicted octanol–water partition coefficient (Wildman–Crippen LogP) is 2.56. The van der Waals surface area contributed by atoms with E-state index in [1.54, 1.807) is 0 Å². The smallest absolute Gasteiger partial charge is 0.326 e. The summed E-state index contributed by atoms with van der Waals surface area (Å²) in [6, 6.07) is 7.86. The minimum Gasteiger partial charge on any atom is -0.480 e. The van der Waals surface area contributed by atoms with Gasteiger partial charge in [0.1, 0.15) is 6.04 Å². The highest BCUT2D eigenvalue weighted by molar-refractivity contribution is 5.83. The normalized spacial score (nSPS) is 12.5. The summed E-state index contributed by atoms with van der Waals surface area (Å²) in [6.45, 7) is 5.88. The number of benzene rings is 1. The van der Waals surface area contributed by atoms with E-state index in [-0.39, 0.29) is 12.0 Å². The van der Waals surface area contributed by atoms with Crippen LogP contribution in [0.2, 0.25) is 0 Å². The zero-order valence-electron chi connectivity index (χ0n) is 12.8. The molecule has 0 saturated carbocycles. The number of aliphatic carboxylic acids is 1. The van der Waals surface area contributed by atoms with Crippen LogP contribution in [0, 0.1) is 0 Å². The van der Waals surface area contributed by atoms with Crippen LogP contribution < -0.4 is 10.6 Å². The highest BCUT2D eigenvalue weighted by atomic mass is 16.4. The summed E-state index contributed by atoms with van der Waals surface area (Å²) in [5.41, 5.74) is 0.521. The minimum absolute atomic E-state index is 0.262. The first-order chi connectivity index (χ1) is 9.84. The Morgan fingerprint density at radius 3 is 2.38 bits per heavy atom. The van der Waals surface area contributed by atoms with Gasteiger partial charge in [0.05, 0.1) is 0 Å². The average molecular weight is 292 g/mol. The molecule has 0 heterocycles. The fourth-order valence-corrected chi connectivity index (χ4v) is 2.24. The summed E-state index contributed by atoms with van der Waals surface area (Å²) in [6.07, 6.45) is 2.04. The van der Waals surface area contributed by atoms with Crippen LogP contribution in [0.15, 0.2) is 30.3 Å². The Balaban J connectivity index is 2.62. The van der Waals surface area contributed by atoms with Crippen LogP contribution in [0.5, 0.6) is 0 Å². The zero-order chi connectivity index (χ0) is 15.9. The lowest BCUT2D eigenvalue weighted by atomic mass is 9.99. The standard InChI is InChI=1S/C16H24N2O3/c1-4-10-16(2,3)18-15(21)17-13(14(19)20)11-12-8-6-5-7-9-12/h5-9,13H,4,10-11H2,1-3H3,(H,19,20)(H2,17,18,21)/t13-/m0/s1. The molecule has 2 amide bonds. The van der Waals surface area contributed by atoms with Gasteiger partial charge < -0.3 is 15.7 Å². The van der Waals surface area contributed by atoms with Crippen LogP contribution in [0.1, 0.15) is 39.2 Å². The van der Waals surface area contributed by atoms with E-state index in [4.69, 9.17) is 0 Å². The molecule has 0 bridgehead atoms. The molecule has 1 rings (SSSR count). The molecule has 0 aromatic heterocycles. The van der Waals surface area contributed by atoms with E-state index in [1.807, 2.05) is 51.1 Å². The Hall–Kier alpha value is -2.04. The fraction of sp³-hybridized carbons (Fsp3) is 0.500. The number of rotatable bonds is 7. The summed E-state index contributed by atoms with van der Waals surface area (Å²) in [5.74, 6) is -1.04. The Kier molecular flexibility index (Phi) is 6.21. The molecule has 0 unspecified atom stereocenters. The fourth-order valence-electron chi connectivity index (χ4n) is 2.24. The first-order valence-electron chi connectivity index (χ1n) is 7.19. The molecule has 3 N–H and O–H groups in total. The van der Waals surface area contributed by atoms with Crippen molar-refractivity contribution in [2.24, 2.45) is 0 Å². The van der Waals surface area contributed by atoms with Gasteiger partial charge in [0.25, 0.3) is 0 Å². The number of amides is 2. The van der Waals surface area contributed by atoms with Gasteiger partial charge >= 0.3 is 12.0 Å². The number of carbonyl (C=O) groups is 2. The lowest BCUT2D eigenvalue weighted by Gasteiger charge is -2.27. The van der Waals surface area contributed by atoms with Crippen molar-refractivity contribution in [3.05, 3.63) is 35.9 Å². The number of carboxylic acids is 1.